The van der Waals surface area contributed by atoms with Crippen LogP contribution in [-0.2, 0) is 0 Å². The number of hydrogen-bond acceptors (Lipinski definition) is 3. The van der Waals surface area contributed by atoms with E-state index >= 15 is 0 Å². The number of halogens is 2. The monoisotopic (exact) mass is 333 g/mol. The predicted octanol–water partition coefficient (Wildman–Crippen LogP) is 5.10. The van der Waals surface area contributed by atoms with Gasteiger partial charge in [-0.2, -0.15) is 0 Å². The zero-order chi connectivity index (χ0) is 15.7. The topological polar surface area (TPSA) is 77.8 Å². The normalized spacial score (nSPS) is 11.4. The third kappa shape index (κ3) is 2.68. The molecule has 0 bridgehead atoms. The Morgan fingerprint density at radius 2 is 1.91 bits per heavy atom. The lowest BCUT2D eigenvalue weighted by molar-refractivity contribution is 0.0995. The first-order valence-corrected chi connectivity index (χ1v) is 7.02. The molecular weight excluding hydrogens is 325 g/mol. The summed E-state index contributed by atoms with van der Waals surface area (Å²) in [6.45, 7) is 0. The van der Waals surface area contributed by atoms with Crippen molar-refractivity contribution in [3.05, 3.63) is 58.1 Å². The van der Waals surface area contributed by atoms with Gasteiger partial charge >= 0.3 is 0 Å². The molecule has 0 unspecified atom stereocenters. The average molecular weight is 334 g/mol. The highest BCUT2D eigenvalue weighted by Crippen LogP contribution is 2.36. The van der Waals surface area contributed by atoms with Crippen LogP contribution in [0.2, 0.25) is 10.0 Å². The maximum atomic E-state index is 12.0. The van der Waals surface area contributed by atoms with Crippen LogP contribution < -0.4 is 0 Å². The van der Waals surface area contributed by atoms with Gasteiger partial charge in [0.05, 0.1) is 16.1 Å². The van der Waals surface area contributed by atoms with Crippen molar-refractivity contribution >= 4 is 45.7 Å². The average Bonchev–Trinajstić information content (AvgIpc) is 2.80. The Balaban J connectivity index is 1.99. The number of H-pyrrole nitrogens is 1. The van der Waals surface area contributed by atoms with Crippen LogP contribution in [0, 0.1) is 0 Å². The summed E-state index contributed by atoms with van der Waals surface area (Å²) >= 11 is 11.9. The second-order valence-electron chi connectivity index (χ2n) is 4.50. The number of carbonyl (C=O) groups is 1. The van der Waals surface area contributed by atoms with Crippen LogP contribution in [0.15, 0.2) is 52.7 Å². The van der Waals surface area contributed by atoms with Gasteiger partial charge in [0.1, 0.15) is 0 Å². The molecule has 1 aromatic heterocycles. The number of aromatic nitrogens is 1. The molecule has 0 saturated carbocycles. The lowest BCUT2D eigenvalue weighted by Crippen LogP contribution is -1.94. The number of benzene rings is 2. The molecule has 0 radical (unpaired) electrons. The fourth-order valence-corrected chi connectivity index (χ4v) is 2.41. The van der Waals surface area contributed by atoms with Gasteiger partial charge in [-0.1, -0.05) is 35.3 Å². The van der Waals surface area contributed by atoms with Crippen LogP contribution in [0.1, 0.15) is 10.4 Å². The minimum absolute atomic E-state index is 0.151. The largest absolute Gasteiger partial charge is 0.493 e. The van der Waals surface area contributed by atoms with Gasteiger partial charge in [0.2, 0.25) is 5.88 Å². The fraction of sp³-hybridized carbons (Fsp3) is 0. The Labute approximate surface area is 135 Å². The van der Waals surface area contributed by atoms with Crippen molar-refractivity contribution in [3.63, 3.8) is 0 Å². The molecule has 0 aliphatic rings. The van der Waals surface area contributed by atoms with Crippen LogP contribution in [0.3, 0.4) is 0 Å². The van der Waals surface area contributed by atoms with Gasteiger partial charge < -0.3 is 10.1 Å². The third-order valence-corrected chi connectivity index (χ3v) is 3.62. The van der Waals surface area contributed by atoms with Crippen LogP contribution in [0.5, 0.6) is 5.88 Å². The molecule has 0 fully saturated rings. The number of aromatic hydroxyl groups is 1. The van der Waals surface area contributed by atoms with E-state index in [0.717, 1.165) is 0 Å². The minimum Gasteiger partial charge on any atom is -0.493 e. The summed E-state index contributed by atoms with van der Waals surface area (Å²) in [6.07, 6.45) is 0. The van der Waals surface area contributed by atoms with E-state index in [9.17, 15) is 9.90 Å². The Kier molecular flexibility index (Phi) is 3.83. The molecule has 22 heavy (non-hydrogen) atoms. The van der Waals surface area contributed by atoms with Gasteiger partial charge in [-0.15, -0.1) is 10.2 Å². The quantitative estimate of drug-likeness (QED) is 0.639. The van der Waals surface area contributed by atoms with Gasteiger partial charge in [-0.3, -0.25) is 4.79 Å². The Morgan fingerprint density at radius 3 is 2.68 bits per heavy atom. The van der Waals surface area contributed by atoms with Gasteiger partial charge in [-0.25, -0.2) is 0 Å². The van der Waals surface area contributed by atoms with E-state index in [2.05, 4.69) is 15.2 Å². The summed E-state index contributed by atoms with van der Waals surface area (Å²) in [6, 6.07) is 11.5. The van der Waals surface area contributed by atoms with Crippen molar-refractivity contribution in [3.8, 4) is 5.88 Å². The maximum Gasteiger partial charge on any atom is 0.296 e. The molecule has 2 N–H and O–H groups in total. The zero-order valence-electron chi connectivity index (χ0n) is 11.0. The van der Waals surface area contributed by atoms with E-state index in [4.69, 9.17) is 23.2 Å². The number of nitrogens with zero attached hydrogens (tertiary/aromatic N) is 2. The first-order chi connectivity index (χ1) is 10.6. The summed E-state index contributed by atoms with van der Waals surface area (Å²) in [5, 5.41) is 18.7. The number of fused-ring (bicyclic) bond motifs is 1. The van der Waals surface area contributed by atoms with Gasteiger partial charge in [0.25, 0.3) is 5.91 Å². The summed E-state index contributed by atoms with van der Waals surface area (Å²) in [5.74, 6) is -0.783. The highest BCUT2D eigenvalue weighted by atomic mass is 35.5. The van der Waals surface area contributed by atoms with E-state index in [1.165, 1.54) is 0 Å². The number of rotatable bonds is 2. The van der Waals surface area contributed by atoms with Crippen molar-refractivity contribution in [1.29, 1.82) is 0 Å². The maximum absolute atomic E-state index is 12.0. The molecule has 1 amide bonds. The number of amides is 1. The van der Waals surface area contributed by atoms with E-state index in [1.54, 1.807) is 42.5 Å². The lowest BCUT2D eigenvalue weighted by atomic mass is 10.2. The molecule has 0 aliphatic heterocycles. The third-order valence-electron chi connectivity index (χ3n) is 3.06. The second kappa shape index (κ2) is 5.79. The molecule has 3 rings (SSSR count). The van der Waals surface area contributed by atoms with E-state index in [-0.39, 0.29) is 22.2 Å². The smallest absolute Gasteiger partial charge is 0.296 e. The Morgan fingerprint density at radius 1 is 1.14 bits per heavy atom. The van der Waals surface area contributed by atoms with E-state index < -0.39 is 5.91 Å². The number of aromatic amines is 1. The first kappa shape index (κ1) is 14.6. The molecule has 5 nitrogen and oxygen atoms in total. The van der Waals surface area contributed by atoms with Crippen molar-refractivity contribution in [2.75, 3.05) is 0 Å². The molecule has 3 aromatic rings. The molecule has 110 valence electrons. The Bertz CT molecular complexity index is 903. The summed E-state index contributed by atoms with van der Waals surface area (Å²) in [7, 11) is 0. The Hall–Kier alpha value is -2.37. The van der Waals surface area contributed by atoms with E-state index in [0.29, 0.717) is 15.9 Å². The lowest BCUT2D eigenvalue weighted by Gasteiger charge is -1.97. The molecule has 0 spiro atoms. The summed E-state index contributed by atoms with van der Waals surface area (Å²) in [4.78, 5) is 14.7. The summed E-state index contributed by atoms with van der Waals surface area (Å²) < 4.78 is 0. The molecule has 2 aromatic carbocycles. The SMILES string of the molecule is O=C(N=Nc1c(O)[nH]c2ccc(Cl)cc12)c1ccccc1Cl. The predicted molar refractivity (Wildman–Crippen MR) is 85.3 cm³/mol. The fourth-order valence-electron chi connectivity index (χ4n) is 2.02. The number of nitrogens with one attached hydrogen (secondary N) is 1. The van der Waals surface area contributed by atoms with Crippen LogP contribution in [0.4, 0.5) is 5.69 Å². The molecule has 7 heteroatoms. The minimum atomic E-state index is -0.596. The first-order valence-electron chi connectivity index (χ1n) is 6.27. The van der Waals surface area contributed by atoms with Crippen molar-refractivity contribution in [1.82, 2.24) is 4.98 Å². The standard InChI is InChI=1S/C15H9Cl2N3O2/c16-8-5-6-12-10(7-8)13(15(22)18-12)19-20-14(21)9-3-1-2-4-11(9)17/h1-7,18,22H. The second-order valence-corrected chi connectivity index (χ2v) is 5.34. The van der Waals surface area contributed by atoms with Gasteiger partial charge in [0.15, 0.2) is 5.69 Å². The van der Waals surface area contributed by atoms with Gasteiger partial charge in [0, 0.05) is 10.4 Å². The van der Waals surface area contributed by atoms with Crippen LogP contribution >= 0.6 is 23.2 Å². The molecule has 0 saturated heterocycles. The van der Waals surface area contributed by atoms with Crippen LogP contribution in [-0.4, -0.2) is 16.0 Å². The zero-order valence-corrected chi connectivity index (χ0v) is 12.6. The van der Waals surface area contributed by atoms with Gasteiger partial charge in [-0.05, 0) is 30.3 Å². The highest BCUT2D eigenvalue weighted by molar-refractivity contribution is 6.33. The van der Waals surface area contributed by atoms with Crippen molar-refractivity contribution < 1.29 is 9.90 Å². The molecule has 0 atom stereocenters. The highest BCUT2D eigenvalue weighted by Gasteiger charge is 2.13. The van der Waals surface area contributed by atoms with E-state index in [1.807, 2.05) is 0 Å². The number of carbonyl (C=O) groups excluding carboxylic acids is 1. The molecular formula is C15H9Cl2N3O2. The van der Waals surface area contributed by atoms with Crippen molar-refractivity contribution in [2.24, 2.45) is 10.2 Å². The number of hydrogen-bond donors (Lipinski definition) is 2. The number of azo groups is 1. The summed E-state index contributed by atoms with van der Waals surface area (Å²) in [5.41, 5.74) is 1.03. The van der Waals surface area contributed by atoms with Crippen LogP contribution in [0.25, 0.3) is 10.9 Å². The molecule has 1 heterocycles. The molecule has 0 aliphatic carbocycles. The van der Waals surface area contributed by atoms with Crippen molar-refractivity contribution in [2.45, 2.75) is 0 Å².